The van der Waals surface area contributed by atoms with Gasteiger partial charge in [0, 0.05) is 31.0 Å². The van der Waals surface area contributed by atoms with Gasteiger partial charge in [0.15, 0.2) is 0 Å². The average molecular weight is 272 g/mol. The van der Waals surface area contributed by atoms with Crippen LogP contribution in [0.1, 0.15) is 18.9 Å². The van der Waals surface area contributed by atoms with Crippen LogP contribution < -0.4 is 4.74 Å². The molecular formula is C14H19ClFNO. The van der Waals surface area contributed by atoms with E-state index in [4.69, 9.17) is 16.3 Å². The summed E-state index contributed by atoms with van der Waals surface area (Å²) in [4.78, 5) is 2.31. The number of nitrogens with zero attached hydrogens (tertiary/aromatic N) is 1. The molecule has 0 N–H and O–H groups in total. The molecule has 0 fully saturated rings. The molecule has 100 valence electrons. The van der Waals surface area contributed by atoms with Gasteiger partial charge in [0.2, 0.25) is 0 Å². The Morgan fingerprint density at radius 1 is 1.44 bits per heavy atom. The zero-order chi connectivity index (χ0) is 13.0. The molecule has 1 aliphatic heterocycles. The first-order valence-corrected chi connectivity index (χ1v) is 6.99. The maximum atomic E-state index is 13.1. The number of hydrogen-bond acceptors (Lipinski definition) is 2. The van der Waals surface area contributed by atoms with Crippen LogP contribution >= 0.6 is 11.6 Å². The second-order valence-electron chi connectivity index (χ2n) is 4.69. The van der Waals surface area contributed by atoms with Crippen molar-refractivity contribution in [3.05, 3.63) is 29.6 Å². The molecule has 1 atom stereocenters. The molecule has 1 aromatic carbocycles. The van der Waals surface area contributed by atoms with Crippen LogP contribution in [-0.4, -0.2) is 36.5 Å². The van der Waals surface area contributed by atoms with Crippen molar-refractivity contribution in [3.8, 4) is 5.75 Å². The molecule has 1 unspecified atom stereocenters. The minimum absolute atomic E-state index is 0.122. The van der Waals surface area contributed by atoms with Crippen molar-refractivity contribution in [1.29, 1.82) is 0 Å². The number of hydrogen-bond donors (Lipinski definition) is 0. The average Bonchev–Trinajstić information content (AvgIpc) is 2.71. The SMILES string of the molecule is CCCN(CCCl)CC1Cc2cc(F)ccc2O1. The Morgan fingerprint density at radius 2 is 2.28 bits per heavy atom. The van der Waals surface area contributed by atoms with E-state index < -0.39 is 0 Å². The van der Waals surface area contributed by atoms with Gasteiger partial charge in [0.25, 0.3) is 0 Å². The van der Waals surface area contributed by atoms with Crippen LogP contribution in [-0.2, 0) is 6.42 Å². The van der Waals surface area contributed by atoms with Gasteiger partial charge in [-0.15, -0.1) is 11.6 Å². The van der Waals surface area contributed by atoms with Gasteiger partial charge in [-0.25, -0.2) is 4.39 Å². The first kappa shape index (κ1) is 13.6. The van der Waals surface area contributed by atoms with Gasteiger partial charge in [-0.05, 0) is 31.2 Å². The summed E-state index contributed by atoms with van der Waals surface area (Å²) in [6, 6.07) is 4.74. The number of rotatable bonds is 6. The highest BCUT2D eigenvalue weighted by molar-refractivity contribution is 6.18. The third kappa shape index (κ3) is 3.36. The fraction of sp³-hybridized carbons (Fsp3) is 0.571. The van der Waals surface area contributed by atoms with Gasteiger partial charge >= 0.3 is 0 Å². The van der Waals surface area contributed by atoms with Crippen LogP contribution in [0.3, 0.4) is 0 Å². The lowest BCUT2D eigenvalue weighted by Gasteiger charge is -2.23. The Hall–Kier alpha value is -0.800. The molecule has 0 aliphatic carbocycles. The summed E-state index contributed by atoms with van der Waals surface area (Å²) < 4.78 is 18.9. The van der Waals surface area contributed by atoms with E-state index >= 15 is 0 Å². The molecule has 18 heavy (non-hydrogen) atoms. The normalized spacial score (nSPS) is 17.9. The Labute approximate surface area is 113 Å². The van der Waals surface area contributed by atoms with Crippen molar-refractivity contribution in [2.45, 2.75) is 25.9 Å². The largest absolute Gasteiger partial charge is 0.488 e. The fourth-order valence-electron chi connectivity index (χ4n) is 2.41. The summed E-state index contributed by atoms with van der Waals surface area (Å²) in [6.07, 6.45) is 2.01. The van der Waals surface area contributed by atoms with Crippen molar-refractivity contribution in [1.82, 2.24) is 4.90 Å². The van der Waals surface area contributed by atoms with Gasteiger partial charge in [-0.1, -0.05) is 6.92 Å². The van der Waals surface area contributed by atoms with Gasteiger partial charge in [0.05, 0.1) is 0 Å². The predicted octanol–water partition coefficient (Wildman–Crippen LogP) is 3.08. The Kier molecular flexibility index (Phi) is 4.84. The monoisotopic (exact) mass is 271 g/mol. The molecule has 0 bridgehead atoms. The minimum atomic E-state index is -0.191. The number of ether oxygens (including phenoxy) is 1. The van der Waals surface area contributed by atoms with Crippen LogP contribution in [0, 0.1) is 5.82 Å². The fourth-order valence-corrected chi connectivity index (χ4v) is 2.65. The minimum Gasteiger partial charge on any atom is -0.488 e. The third-order valence-electron chi connectivity index (χ3n) is 3.17. The van der Waals surface area contributed by atoms with E-state index in [0.29, 0.717) is 5.88 Å². The molecule has 0 spiro atoms. The maximum absolute atomic E-state index is 13.1. The van der Waals surface area contributed by atoms with E-state index in [1.165, 1.54) is 6.07 Å². The Bertz CT molecular complexity index is 393. The van der Waals surface area contributed by atoms with Crippen LogP contribution in [0.25, 0.3) is 0 Å². The van der Waals surface area contributed by atoms with Crippen molar-refractivity contribution in [2.75, 3.05) is 25.5 Å². The Morgan fingerprint density at radius 3 is 3.00 bits per heavy atom. The molecule has 1 aromatic rings. The van der Waals surface area contributed by atoms with Crippen LogP contribution in [0.4, 0.5) is 4.39 Å². The van der Waals surface area contributed by atoms with E-state index in [0.717, 1.165) is 43.8 Å². The molecule has 0 aromatic heterocycles. The molecule has 0 saturated carbocycles. The smallest absolute Gasteiger partial charge is 0.123 e. The van der Waals surface area contributed by atoms with Gasteiger partial charge in [-0.3, -0.25) is 4.90 Å². The lowest BCUT2D eigenvalue weighted by atomic mass is 10.1. The van der Waals surface area contributed by atoms with Crippen molar-refractivity contribution in [3.63, 3.8) is 0 Å². The molecule has 1 heterocycles. The number of fused-ring (bicyclic) bond motifs is 1. The van der Waals surface area contributed by atoms with Crippen LogP contribution in [0.2, 0.25) is 0 Å². The molecule has 1 aliphatic rings. The standard InChI is InChI=1S/C14H19ClFNO/c1-2-6-17(7-5-15)10-13-9-11-8-12(16)3-4-14(11)18-13/h3-4,8,13H,2,5-7,9-10H2,1H3. The first-order chi connectivity index (χ1) is 8.72. The summed E-state index contributed by atoms with van der Waals surface area (Å²) in [7, 11) is 0. The lowest BCUT2D eigenvalue weighted by molar-refractivity contribution is 0.155. The second kappa shape index (κ2) is 6.39. The second-order valence-corrected chi connectivity index (χ2v) is 5.06. The van der Waals surface area contributed by atoms with Crippen molar-refractivity contribution < 1.29 is 9.13 Å². The Balaban J connectivity index is 1.93. The molecule has 2 rings (SSSR count). The van der Waals surface area contributed by atoms with Gasteiger partial charge < -0.3 is 4.74 Å². The van der Waals surface area contributed by atoms with E-state index in [9.17, 15) is 4.39 Å². The summed E-state index contributed by atoms with van der Waals surface area (Å²) in [6.45, 7) is 4.91. The highest BCUT2D eigenvalue weighted by Crippen LogP contribution is 2.29. The number of halogens is 2. The maximum Gasteiger partial charge on any atom is 0.123 e. The molecule has 2 nitrogen and oxygen atoms in total. The van der Waals surface area contributed by atoms with E-state index in [2.05, 4.69) is 11.8 Å². The molecule has 0 saturated heterocycles. The predicted molar refractivity (Wildman–Crippen MR) is 72.0 cm³/mol. The summed E-state index contributed by atoms with van der Waals surface area (Å²) in [5, 5.41) is 0. The summed E-state index contributed by atoms with van der Waals surface area (Å²) in [5.41, 5.74) is 0.974. The third-order valence-corrected chi connectivity index (χ3v) is 3.34. The lowest BCUT2D eigenvalue weighted by Crippen LogP contribution is -2.36. The van der Waals surface area contributed by atoms with Crippen molar-refractivity contribution >= 4 is 11.6 Å². The van der Waals surface area contributed by atoms with E-state index in [-0.39, 0.29) is 11.9 Å². The highest BCUT2D eigenvalue weighted by Gasteiger charge is 2.24. The van der Waals surface area contributed by atoms with E-state index in [1.54, 1.807) is 12.1 Å². The quantitative estimate of drug-likeness (QED) is 0.738. The van der Waals surface area contributed by atoms with E-state index in [1.807, 2.05) is 0 Å². The molecule has 4 heteroatoms. The van der Waals surface area contributed by atoms with Crippen LogP contribution in [0.15, 0.2) is 18.2 Å². The number of benzene rings is 1. The van der Waals surface area contributed by atoms with Gasteiger partial charge in [-0.2, -0.15) is 0 Å². The first-order valence-electron chi connectivity index (χ1n) is 6.46. The zero-order valence-electron chi connectivity index (χ0n) is 10.7. The zero-order valence-corrected chi connectivity index (χ0v) is 11.4. The highest BCUT2D eigenvalue weighted by atomic mass is 35.5. The molecular weight excluding hydrogens is 253 g/mol. The molecule has 0 amide bonds. The van der Waals surface area contributed by atoms with Crippen molar-refractivity contribution in [2.24, 2.45) is 0 Å². The topological polar surface area (TPSA) is 12.5 Å². The van der Waals surface area contributed by atoms with Crippen LogP contribution in [0.5, 0.6) is 5.75 Å². The summed E-state index contributed by atoms with van der Waals surface area (Å²) >= 11 is 5.80. The summed E-state index contributed by atoms with van der Waals surface area (Å²) in [5.74, 6) is 1.27. The molecule has 0 radical (unpaired) electrons. The number of alkyl halides is 1. The van der Waals surface area contributed by atoms with Gasteiger partial charge in [0.1, 0.15) is 17.7 Å².